The summed E-state index contributed by atoms with van der Waals surface area (Å²) in [4.78, 5) is 23.1. The molecule has 0 heterocycles. The normalized spacial score (nSPS) is 12.2. The first kappa shape index (κ1) is 14.6. The van der Waals surface area contributed by atoms with Crippen LogP contribution in [0.4, 0.5) is 0 Å². The summed E-state index contributed by atoms with van der Waals surface area (Å²) in [5, 5.41) is 8.57. The Morgan fingerprint density at radius 1 is 1.38 bits per heavy atom. The van der Waals surface area contributed by atoms with Crippen molar-refractivity contribution < 1.29 is 14.7 Å². The smallest absolute Gasteiger partial charge is 0.328 e. The molecule has 0 spiro atoms. The molecule has 0 fully saturated rings. The molecule has 0 aromatic carbocycles. The molecule has 5 heteroatoms. The molecule has 0 bridgehead atoms. The monoisotopic (exact) mass is 228 g/mol. The number of hydrogen-bond donors (Lipinski definition) is 2. The van der Waals surface area contributed by atoms with Crippen molar-refractivity contribution in [1.29, 1.82) is 0 Å². The summed E-state index contributed by atoms with van der Waals surface area (Å²) in [6.45, 7) is 7.11. The molecular weight excluding hydrogens is 208 g/mol. The maximum Gasteiger partial charge on any atom is 0.328 e. The average molecular weight is 228 g/mol. The fraction of sp³-hybridized carbons (Fsp3) is 0.636. The Kier molecular flexibility index (Phi) is 6.41. The molecule has 16 heavy (non-hydrogen) atoms. The van der Waals surface area contributed by atoms with E-state index in [1.165, 1.54) is 0 Å². The summed E-state index contributed by atoms with van der Waals surface area (Å²) in [6.07, 6.45) is 1.15. The lowest BCUT2D eigenvalue weighted by atomic mass is 10.2. The molecular formula is C11H20N2O3. The van der Waals surface area contributed by atoms with Gasteiger partial charge in [0.2, 0.25) is 5.91 Å². The zero-order valence-corrected chi connectivity index (χ0v) is 10.1. The van der Waals surface area contributed by atoms with Crippen LogP contribution in [-0.2, 0) is 9.59 Å². The van der Waals surface area contributed by atoms with E-state index < -0.39 is 11.9 Å². The lowest BCUT2D eigenvalue weighted by Crippen LogP contribution is -2.37. The van der Waals surface area contributed by atoms with Gasteiger partial charge in [-0.3, -0.25) is 9.69 Å². The third-order valence-electron chi connectivity index (χ3n) is 1.85. The molecule has 5 nitrogen and oxygen atoms in total. The van der Waals surface area contributed by atoms with Crippen molar-refractivity contribution in [2.75, 3.05) is 19.6 Å². The first-order chi connectivity index (χ1) is 7.31. The van der Waals surface area contributed by atoms with Crippen LogP contribution in [0.1, 0.15) is 20.8 Å². The van der Waals surface area contributed by atoms with Gasteiger partial charge in [-0.2, -0.15) is 0 Å². The van der Waals surface area contributed by atoms with Gasteiger partial charge in [0.1, 0.15) is 0 Å². The van der Waals surface area contributed by atoms with Crippen molar-refractivity contribution in [2.24, 2.45) is 11.7 Å². The summed E-state index contributed by atoms with van der Waals surface area (Å²) in [7, 11) is 0. The highest BCUT2D eigenvalue weighted by Crippen LogP contribution is 2.03. The summed E-state index contributed by atoms with van der Waals surface area (Å²) in [6, 6.07) is 0. The highest BCUT2D eigenvalue weighted by Gasteiger charge is 2.11. The van der Waals surface area contributed by atoms with Gasteiger partial charge in [-0.1, -0.05) is 19.4 Å². The highest BCUT2D eigenvalue weighted by molar-refractivity contribution is 5.80. The first-order valence-corrected chi connectivity index (χ1v) is 5.22. The number of carboxylic acid groups (broad SMARTS) is 1. The van der Waals surface area contributed by atoms with Gasteiger partial charge in [0, 0.05) is 19.2 Å². The van der Waals surface area contributed by atoms with E-state index in [4.69, 9.17) is 10.8 Å². The molecule has 92 valence electrons. The largest absolute Gasteiger partial charge is 0.478 e. The van der Waals surface area contributed by atoms with Crippen LogP contribution in [0.25, 0.3) is 0 Å². The van der Waals surface area contributed by atoms with E-state index in [9.17, 15) is 9.59 Å². The van der Waals surface area contributed by atoms with Gasteiger partial charge in [-0.15, -0.1) is 0 Å². The number of nitrogens with zero attached hydrogens (tertiary/aromatic N) is 1. The minimum Gasteiger partial charge on any atom is -0.478 e. The summed E-state index contributed by atoms with van der Waals surface area (Å²) < 4.78 is 0. The van der Waals surface area contributed by atoms with Crippen LogP contribution in [0.3, 0.4) is 0 Å². The van der Waals surface area contributed by atoms with Gasteiger partial charge in [-0.05, 0) is 12.8 Å². The van der Waals surface area contributed by atoms with Gasteiger partial charge in [0.15, 0.2) is 0 Å². The molecule has 3 N–H and O–H groups in total. The van der Waals surface area contributed by atoms with E-state index >= 15 is 0 Å². The molecule has 0 unspecified atom stereocenters. The second-order valence-corrected chi connectivity index (χ2v) is 4.36. The van der Waals surface area contributed by atoms with Gasteiger partial charge in [0.05, 0.1) is 6.54 Å². The number of carboxylic acids is 1. The molecule has 0 saturated carbocycles. The lowest BCUT2D eigenvalue weighted by Gasteiger charge is -2.22. The van der Waals surface area contributed by atoms with Crippen LogP contribution < -0.4 is 5.73 Å². The molecule has 0 aliphatic heterocycles. The molecule has 0 aliphatic carbocycles. The van der Waals surface area contributed by atoms with E-state index in [1.54, 1.807) is 6.92 Å². The summed E-state index contributed by atoms with van der Waals surface area (Å²) >= 11 is 0. The molecule has 0 aromatic heterocycles. The predicted octanol–water partition coefficient (Wildman–Crippen LogP) is 0.461. The highest BCUT2D eigenvalue weighted by atomic mass is 16.4. The number of amides is 1. The lowest BCUT2D eigenvalue weighted by molar-refractivity contribution is -0.131. The van der Waals surface area contributed by atoms with Crippen molar-refractivity contribution in [3.05, 3.63) is 11.6 Å². The maximum absolute atomic E-state index is 10.8. The summed E-state index contributed by atoms with van der Waals surface area (Å²) in [5.74, 6) is -0.971. The molecule has 0 saturated heterocycles. The Bertz CT molecular complexity index is 285. The van der Waals surface area contributed by atoms with Crippen molar-refractivity contribution in [1.82, 2.24) is 4.90 Å². The Hall–Kier alpha value is -1.36. The van der Waals surface area contributed by atoms with Crippen LogP contribution in [0.5, 0.6) is 0 Å². The van der Waals surface area contributed by atoms with Gasteiger partial charge in [-0.25, -0.2) is 4.79 Å². The number of primary amides is 1. The predicted molar refractivity (Wildman–Crippen MR) is 61.9 cm³/mol. The fourth-order valence-corrected chi connectivity index (χ4v) is 1.53. The Labute approximate surface area is 95.9 Å². The third-order valence-corrected chi connectivity index (χ3v) is 1.85. The zero-order chi connectivity index (χ0) is 12.7. The molecule has 0 rings (SSSR count). The second-order valence-electron chi connectivity index (χ2n) is 4.36. The van der Waals surface area contributed by atoms with Crippen LogP contribution in [0, 0.1) is 5.92 Å². The second kappa shape index (κ2) is 7.00. The average Bonchev–Trinajstić information content (AvgIpc) is 1.97. The van der Waals surface area contributed by atoms with Crippen LogP contribution in [0.15, 0.2) is 11.6 Å². The quantitative estimate of drug-likeness (QED) is 0.620. The number of nitrogens with two attached hydrogens (primary N) is 1. The first-order valence-electron chi connectivity index (χ1n) is 5.22. The number of aliphatic carboxylic acids is 1. The van der Waals surface area contributed by atoms with Crippen molar-refractivity contribution in [3.8, 4) is 0 Å². The van der Waals surface area contributed by atoms with Gasteiger partial charge >= 0.3 is 5.97 Å². The number of carbonyl (C=O) groups is 2. The number of carbonyl (C=O) groups excluding carboxylic acids is 1. The zero-order valence-electron chi connectivity index (χ0n) is 10.1. The summed E-state index contributed by atoms with van der Waals surface area (Å²) in [5.41, 5.74) is 5.83. The maximum atomic E-state index is 10.8. The molecule has 0 aromatic rings. The van der Waals surface area contributed by atoms with Gasteiger partial charge < -0.3 is 10.8 Å². The minimum atomic E-state index is -0.971. The number of rotatable bonds is 7. The molecule has 0 aliphatic rings. The van der Waals surface area contributed by atoms with E-state index in [-0.39, 0.29) is 6.54 Å². The van der Waals surface area contributed by atoms with E-state index in [1.807, 2.05) is 18.7 Å². The van der Waals surface area contributed by atoms with Crippen LogP contribution >= 0.6 is 0 Å². The Morgan fingerprint density at radius 2 is 1.94 bits per heavy atom. The van der Waals surface area contributed by atoms with Crippen LogP contribution in [0.2, 0.25) is 0 Å². The molecule has 0 atom stereocenters. The number of hydrogen-bond acceptors (Lipinski definition) is 3. The SMILES string of the molecule is CC(=CC(=O)O)CN(CC(N)=O)CC(C)C. The Morgan fingerprint density at radius 3 is 2.31 bits per heavy atom. The topological polar surface area (TPSA) is 83.6 Å². The van der Waals surface area contributed by atoms with E-state index in [0.717, 1.165) is 6.08 Å². The molecule has 1 amide bonds. The van der Waals surface area contributed by atoms with Crippen molar-refractivity contribution in [2.45, 2.75) is 20.8 Å². The van der Waals surface area contributed by atoms with Crippen LogP contribution in [-0.4, -0.2) is 41.5 Å². The van der Waals surface area contributed by atoms with E-state index in [2.05, 4.69) is 0 Å². The van der Waals surface area contributed by atoms with Crippen molar-refractivity contribution in [3.63, 3.8) is 0 Å². The van der Waals surface area contributed by atoms with E-state index in [0.29, 0.717) is 24.6 Å². The minimum absolute atomic E-state index is 0.156. The van der Waals surface area contributed by atoms with Gasteiger partial charge in [0.25, 0.3) is 0 Å². The fourth-order valence-electron chi connectivity index (χ4n) is 1.53. The van der Waals surface area contributed by atoms with Crippen molar-refractivity contribution >= 4 is 11.9 Å². The molecule has 0 radical (unpaired) electrons. The standard InChI is InChI=1S/C11H20N2O3/c1-8(2)5-13(7-10(12)14)6-9(3)4-11(15)16/h4,8H,5-7H2,1-3H3,(H2,12,14)(H,15,16). The third kappa shape index (κ3) is 7.99. The Balaban J connectivity index is 4.41.